The van der Waals surface area contributed by atoms with Crippen molar-refractivity contribution in [2.75, 3.05) is 24.7 Å². The number of nitrogens with one attached hydrogen (secondary N) is 1. The average molecular weight is 296 g/mol. The zero-order valence-corrected chi connectivity index (χ0v) is 12.7. The van der Waals surface area contributed by atoms with E-state index < -0.39 is 11.9 Å². The van der Waals surface area contributed by atoms with Gasteiger partial charge in [0.15, 0.2) is 0 Å². The number of amides is 2. The molecule has 0 radical (unpaired) electrons. The van der Waals surface area contributed by atoms with E-state index in [1.807, 2.05) is 37.4 Å². The lowest BCUT2D eigenvalue weighted by Crippen LogP contribution is -2.39. The molecule has 1 rings (SSSR count). The van der Waals surface area contributed by atoms with Gasteiger partial charge >= 0.3 is 12.0 Å². The quantitative estimate of drug-likeness (QED) is 0.792. The van der Waals surface area contributed by atoms with Crippen molar-refractivity contribution < 1.29 is 14.7 Å². The molecule has 0 spiro atoms. The van der Waals surface area contributed by atoms with Gasteiger partial charge in [-0.15, -0.1) is 11.8 Å². The Morgan fingerprint density at radius 1 is 1.35 bits per heavy atom. The van der Waals surface area contributed by atoms with Crippen LogP contribution in [-0.4, -0.2) is 41.4 Å². The second-order valence-corrected chi connectivity index (χ2v) is 5.32. The molecule has 0 aliphatic heterocycles. The summed E-state index contributed by atoms with van der Waals surface area (Å²) in [6.45, 7) is 4.07. The normalized spacial score (nSPS) is 11.8. The largest absolute Gasteiger partial charge is 0.481 e. The van der Waals surface area contributed by atoms with E-state index in [9.17, 15) is 9.59 Å². The molecule has 0 aromatic heterocycles. The van der Waals surface area contributed by atoms with Crippen molar-refractivity contribution in [3.05, 3.63) is 24.3 Å². The maximum absolute atomic E-state index is 12.1. The Bertz CT molecular complexity index is 462. The molecule has 1 aromatic carbocycles. The number of hydrogen-bond acceptors (Lipinski definition) is 3. The first kappa shape index (κ1) is 16.4. The molecule has 0 fully saturated rings. The number of anilines is 1. The Balaban J connectivity index is 2.64. The van der Waals surface area contributed by atoms with E-state index in [2.05, 4.69) is 5.32 Å². The smallest absolute Gasteiger partial charge is 0.321 e. The summed E-state index contributed by atoms with van der Waals surface area (Å²) in [5.41, 5.74) is 0.703. The molecule has 20 heavy (non-hydrogen) atoms. The van der Waals surface area contributed by atoms with Crippen molar-refractivity contribution in [1.82, 2.24) is 4.90 Å². The van der Waals surface area contributed by atoms with E-state index in [0.29, 0.717) is 12.2 Å². The number of nitrogens with zero attached hydrogens (tertiary/aromatic N) is 1. The monoisotopic (exact) mass is 296 g/mol. The van der Waals surface area contributed by atoms with Gasteiger partial charge in [0.25, 0.3) is 0 Å². The van der Waals surface area contributed by atoms with Gasteiger partial charge in [-0.1, -0.05) is 6.92 Å². The van der Waals surface area contributed by atoms with E-state index in [1.165, 1.54) is 4.90 Å². The van der Waals surface area contributed by atoms with Crippen LogP contribution in [0.2, 0.25) is 0 Å². The van der Waals surface area contributed by atoms with Crippen LogP contribution in [0.4, 0.5) is 10.5 Å². The van der Waals surface area contributed by atoms with Crippen molar-refractivity contribution in [3.8, 4) is 0 Å². The highest BCUT2D eigenvalue weighted by atomic mass is 32.2. The van der Waals surface area contributed by atoms with Crippen molar-refractivity contribution in [1.29, 1.82) is 0 Å². The summed E-state index contributed by atoms with van der Waals surface area (Å²) in [6, 6.07) is 7.24. The third-order valence-corrected chi connectivity index (χ3v) is 3.67. The van der Waals surface area contributed by atoms with Crippen LogP contribution >= 0.6 is 11.8 Å². The van der Waals surface area contributed by atoms with E-state index in [-0.39, 0.29) is 12.6 Å². The van der Waals surface area contributed by atoms with Gasteiger partial charge in [0.05, 0.1) is 5.92 Å². The Kier molecular flexibility index (Phi) is 6.38. The Morgan fingerprint density at radius 3 is 2.40 bits per heavy atom. The first-order valence-corrected chi connectivity index (χ1v) is 7.63. The number of rotatable bonds is 6. The van der Waals surface area contributed by atoms with Gasteiger partial charge in [0.1, 0.15) is 0 Å². The van der Waals surface area contributed by atoms with Gasteiger partial charge < -0.3 is 15.3 Å². The molecule has 1 atom stereocenters. The molecule has 1 unspecified atom stereocenters. The first-order valence-electron chi connectivity index (χ1n) is 6.40. The van der Waals surface area contributed by atoms with Gasteiger partial charge in [-0.2, -0.15) is 0 Å². The zero-order valence-electron chi connectivity index (χ0n) is 11.9. The molecule has 0 saturated carbocycles. The molecule has 0 saturated heterocycles. The van der Waals surface area contributed by atoms with Crippen LogP contribution in [0, 0.1) is 5.92 Å². The number of carboxylic acids is 1. The van der Waals surface area contributed by atoms with Crippen molar-refractivity contribution >= 4 is 29.4 Å². The molecular formula is C14H20N2O3S. The Hall–Kier alpha value is -1.69. The van der Waals surface area contributed by atoms with Gasteiger partial charge in [0, 0.05) is 23.7 Å². The second-order valence-electron chi connectivity index (χ2n) is 4.44. The highest BCUT2D eigenvalue weighted by Gasteiger charge is 2.19. The maximum atomic E-state index is 12.1. The number of benzene rings is 1. The minimum absolute atomic E-state index is 0.195. The lowest BCUT2D eigenvalue weighted by atomic mass is 10.2. The number of urea groups is 1. The molecule has 0 aliphatic carbocycles. The number of aliphatic carboxylic acids is 1. The zero-order chi connectivity index (χ0) is 15.1. The fourth-order valence-corrected chi connectivity index (χ4v) is 2.05. The summed E-state index contributed by atoms with van der Waals surface area (Å²) in [6.07, 6.45) is 1.99. The summed E-state index contributed by atoms with van der Waals surface area (Å²) in [7, 11) is 0. The Labute approximate surface area is 123 Å². The predicted molar refractivity (Wildman–Crippen MR) is 81.3 cm³/mol. The standard InChI is InChI=1S/C14H20N2O3S/c1-4-16(9-10(2)13(17)18)14(19)15-11-5-7-12(20-3)8-6-11/h5-8,10H,4,9H2,1-3H3,(H,15,19)(H,17,18). The average Bonchev–Trinajstić information content (AvgIpc) is 2.44. The van der Waals surface area contributed by atoms with Crippen molar-refractivity contribution in [2.45, 2.75) is 18.7 Å². The van der Waals surface area contributed by atoms with E-state index in [1.54, 1.807) is 18.7 Å². The van der Waals surface area contributed by atoms with Gasteiger partial charge in [-0.3, -0.25) is 4.79 Å². The number of thioether (sulfide) groups is 1. The van der Waals surface area contributed by atoms with Gasteiger partial charge in [-0.05, 0) is 37.4 Å². The summed E-state index contributed by atoms with van der Waals surface area (Å²) < 4.78 is 0. The van der Waals surface area contributed by atoms with Crippen molar-refractivity contribution in [2.24, 2.45) is 5.92 Å². The van der Waals surface area contributed by atoms with Crippen LogP contribution < -0.4 is 5.32 Å². The van der Waals surface area contributed by atoms with E-state index >= 15 is 0 Å². The molecule has 2 N–H and O–H groups in total. The molecule has 5 nitrogen and oxygen atoms in total. The Morgan fingerprint density at radius 2 is 1.95 bits per heavy atom. The minimum Gasteiger partial charge on any atom is -0.481 e. The van der Waals surface area contributed by atoms with Crippen LogP contribution in [0.1, 0.15) is 13.8 Å². The summed E-state index contributed by atoms with van der Waals surface area (Å²) >= 11 is 1.63. The summed E-state index contributed by atoms with van der Waals surface area (Å²) in [5, 5.41) is 11.7. The first-order chi connectivity index (χ1) is 9.47. The van der Waals surface area contributed by atoms with E-state index in [4.69, 9.17) is 5.11 Å². The molecule has 0 heterocycles. The van der Waals surface area contributed by atoms with Crippen LogP contribution in [-0.2, 0) is 4.79 Å². The van der Waals surface area contributed by atoms with Crippen LogP contribution in [0.15, 0.2) is 29.2 Å². The number of carboxylic acid groups (broad SMARTS) is 1. The number of carbonyl (C=O) groups is 2. The van der Waals surface area contributed by atoms with Crippen LogP contribution in [0.5, 0.6) is 0 Å². The van der Waals surface area contributed by atoms with Gasteiger partial charge in [0.2, 0.25) is 0 Å². The second kappa shape index (κ2) is 7.79. The highest BCUT2D eigenvalue weighted by Crippen LogP contribution is 2.17. The maximum Gasteiger partial charge on any atom is 0.321 e. The third kappa shape index (κ3) is 4.77. The summed E-state index contributed by atoms with van der Waals surface area (Å²) in [4.78, 5) is 25.5. The topological polar surface area (TPSA) is 69.6 Å². The lowest BCUT2D eigenvalue weighted by molar-refractivity contribution is -0.141. The molecule has 0 bridgehead atoms. The van der Waals surface area contributed by atoms with E-state index in [0.717, 1.165) is 4.90 Å². The predicted octanol–water partition coefficient (Wildman–Crippen LogP) is 2.98. The summed E-state index contributed by atoms with van der Waals surface area (Å²) in [5.74, 6) is -1.49. The minimum atomic E-state index is -0.902. The molecule has 0 aliphatic rings. The fraction of sp³-hybridized carbons (Fsp3) is 0.429. The third-order valence-electron chi connectivity index (χ3n) is 2.93. The van der Waals surface area contributed by atoms with Crippen LogP contribution in [0.3, 0.4) is 0 Å². The lowest BCUT2D eigenvalue weighted by Gasteiger charge is -2.23. The molecule has 1 aromatic rings. The number of hydrogen-bond donors (Lipinski definition) is 2. The van der Waals surface area contributed by atoms with Crippen molar-refractivity contribution in [3.63, 3.8) is 0 Å². The SMILES string of the molecule is CCN(CC(C)C(=O)O)C(=O)Nc1ccc(SC)cc1. The molecule has 2 amide bonds. The molecule has 110 valence electrons. The highest BCUT2D eigenvalue weighted by molar-refractivity contribution is 7.98. The molecule has 6 heteroatoms. The van der Waals surface area contributed by atoms with Gasteiger partial charge in [-0.25, -0.2) is 4.79 Å². The fourth-order valence-electron chi connectivity index (χ4n) is 1.64. The van der Waals surface area contributed by atoms with Crippen LogP contribution in [0.25, 0.3) is 0 Å². The molecular weight excluding hydrogens is 276 g/mol. The number of carbonyl (C=O) groups excluding carboxylic acids is 1.